The van der Waals surface area contributed by atoms with E-state index in [0.717, 1.165) is 10.5 Å². The summed E-state index contributed by atoms with van der Waals surface area (Å²) in [5.41, 5.74) is 1.44. The predicted octanol–water partition coefficient (Wildman–Crippen LogP) is 1.55. The van der Waals surface area contributed by atoms with E-state index in [9.17, 15) is 24.5 Å². The molecule has 0 aliphatic carbocycles. The summed E-state index contributed by atoms with van der Waals surface area (Å²) in [6.45, 7) is -0.0492. The fraction of sp³-hybridized carbons (Fsp3) is 0.167. The predicted molar refractivity (Wildman–Crippen MR) is 91.6 cm³/mol. The molecule has 0 radical (unpaired) electrons. The van der Waals surface area contributed by atoms with Gasteiger partial charge in [0, 0.05) is 18.7 Å². The summed E-state index contributed by atoms with van der Waals surface area (Å²) in [6.07, 6.45) is 0.478. The number of hydrogen-bond donors (Lipinski definition) is 1. The second-order valence-electron chi connectivity index (χ2n) is 5.77. The maximum Gasteiger partial charge on any atom is 0.269 e. The van der Waals surface area contributed by atoms with Gasteiger partial charge < -0.3 is 5.32 Å². The van der Waals surface area contributed by atoms with Gasteiger partial charge in [-0.3, -0.25) is 29.4 Å². The summed E-state index contributed by atoms with van der Waals surface area (Å²) in [4.78, 5) is 47.5. The highest BCUT2D eigenvalue weighted by atomic mass is 16.6. The number of benzene rings is 2. The van der Waals surface area contributed by atoms with Crippen molar-refractivity contribution in [3.05, 3.63) is 75.3 Å². The normalized spacial score (nSPS) is 12.8. The van der Waals surface area contributed by atoms with E-state index in [-0.39, 0.29) is 12.2 Å². The lowest BCUT2D eigenvalue weighted by Gasteiger charge is -2.13. The van der Waals surface area contributed by atoms with Crippen molar-refractivity contribution in [1.29, 1.82) is 0 Å². The molecule has 3 amide bonds. The Kier molecular flexibility index (Phi) is 4.74. The van der Waals surface area contributed by atoms with Crippen LogP contribution in [0.1, 0.15) is 26.3 Å². The molecule has 1 heterocycles. The van der Waals surface area contributed by atoms with E-state index in [1.807, 2.05) is 0 Å². The summed E-state index contributed by atoms with van der Waals surface area (Å²) in [5, 5.41) is 13.2. The van der Waals surface area contributed by atoms with Gasteiger partial charge in [-0.1, -0.05) is 24.3 Å². The standard InChI is InChI=1S/C18H15N3O5/c22-16(19-10-9-12-5-7-13(8-6-12)21(25)26)11-20-17(23)14-3-1-2-4-15(14)18(20)24/h1-8H,9-11H2,(H,19,22). The molecule has 1 aliphatic rings. The van der Waals surface area contributed by atoms with Crippen LogP contribution in [0.15, 0.2) is 48.5 Å². The largest absolute Gasteiger partial charge is 0.354 e. The van der Waals surface area contributed by atoms with Crippen LogP contribution in [-0.2, 0) is 11.2 Å². The van der Waals surface area contributed by atoms with Crippen LogP contribution in [0.3, 0.4) is 0 Å². The summed E-state index contributed by atoms with van der Waals surface area (Å²) in [6, 6.07) is 12.5. The van der Waals surface area contributed by atoms with E-state index in [1.165, 1.54) is 12.1 Å². The molecule has 0 saturated heterocycles. The third-order valence-electron chi connectivity index (χ3n) is 4.06. The van der Waals surface area contributed by atoms with E-state index in [4.69, 9.17) is 0 Å². The molecular formula is C18H15N3O5. The van der Waals surface area contributed by atoms with E-state index in [2.05, 4.69) is 5.32 Å². The van der Waals surface area contributed by atoms with Gasteiger partial charge in [0.2, 0.25) is 5.91 Å². The number of amides is 3. The first-order valence-corrected chi connectivity index (χ1v) is 7.92. The van der Waals surface area contributed by atoms with E-state index < -0.39 is 22.6 Å². The highest BCUT2D eigenvalue weighted by Gasteiger charge is 2.36. The molecule has 3 rings (SSSR count). The van der Waals surface area contributed by atoms with Crippen LogP contribution in [0.5, 0.6) is 0 Å². The average Bonchev–Trinajstić information content (AvgIpc) is 2.87. The number of nitrogens with zero attached hydrogens (tertiary/aromatic N) is 2. The first-order chi connectivity index (χ1) is 12.5. The Balaban J connectivity index is 1.51. The molecule has 0 atom stereocenters. The molecule has 0 fully saturated rings. The Labute approximate surface area is 148 Å². The minimum atomic E-state index is -0.479. The molecule has 132 valence electrons. The highest BCUT2D eigenvalue weighted by Crippen LogP contribution is 2.21. The molecule has 1 aliphatic heterocycles. The number of nitro benzene ring substituents is 1. The molecule has 0 saturated carbocycles. The first kappa shape index (κ1) is 17.3. The summed E-state index contributed by atoms with van der Waals surface area (Å²) in [5.74, 6) is -1.39. The maximum atomic E-state index is 12.2. The summed E-state index contributed by atoms with van der Waals surface area (Å²) < 4.78 is 0. The third kappa shape index (κ3) is 3.44. The molecule has 0 bridgehead atoms. The lowest BCUT2D eigenvalue weighted by Crippen LogP contribution is -2.40. The Morgan fingerprint density at radius 2 is 1.58 bits per heavy atom. The van der Waals surface area contributed by atoms with Gasteiger partial charge in [-0.2, -0.15) is 0 Å². The van der Waals surface area contributed by atoms with Crippen LogP contribution >= 0.6 is 0 Å². The molecule has 0 spiro atoms. The van der Waals surface area contributed by atoms with E-state index >= 15 is 0 Å². The second-order valence-corrected chi connectivity index (χ2v) is 5.77. The van der Waals surface area contributed by atoms with Crippen LogP contribution in [0.25, 0.3) is 0 Å². The van der Waals surface area contributed by atoms with Crippen molar-refractivity contribution in [1.82, 2.24) is 10.2 Å². The lowest BCUT2D eigenvalue weighted by molar-refractivity contribution is -0.384. The van der Waals surface area contributed by atoms with Crippen molar-refractivity contribution in [3.63, 3.8) is 0 Å². The fourth-order valence-corrected chi connectivity index (χ4v) is 2.71. The van der Waals surface area contributed by atoms with Gasteiger partial charge in [0.1, 0.15) is 6.54 Å². The summed E-state index contributed by atoms with van der Waals surface area (Å²) in [7, 11) is 0. The van der Waals surface area contributed by atoms with Crippen LogP contribution in [0.4, 0.5) is 5.69 Å². The quantitative estimate of drug-likeness (QED) is 0.481. The number of nitrogens with one attached hydrogen (secondary N) is 1. The van der Waals surface area contributed by atoms with E-state index in [0.29, 0.717) is 24.1 Å². The van der Waals surface area contributed by atoms with Crippen LogP contribution in [0.2, 0.25) is 0 Å². The Bertz CT molecular complexity index is 857. The van der Waals surface area contributed by atoms with Gasteiger partial charge in [0.05, 0.1) is 16.1 Å². The molecule has 26 heavy (non-hydrogen) atoms. The molecular weight excluding hydrogens is 338 g/mol. The average molecular weight is 353 g/mol. The van der Waals surface area contributed by atoms with Gasteiger partial charge >= 0.3 is 0 Å². The topological polar surface area (TPSA) is 110 Å². The highest BCUT2D eigenvalue weighted by molar-refractivity contribution is 6.22. The van der Waals surface area contributed by atoms with Gasteiger partial charge in [-0.25, -0.2) is 0 Å². The number of carbonyl (C=O) groups is 3. The number of imide groups is 1. The molecule has 0 unspecified atom stereocenters. The van der Waals surface area contributed by atoms with E-state index in [1.54, 1.807) is 36.4 Å². The number of nitro groups is 1. The molecule has 8 heteroatoms. The molecule has 2 aromatic carbocycles. The van der Waals surface area contributed by atoms with Crippen molar-refractivity contribution in [2.45, 2.75) is 6.42 Å². The minimum Gasteiger partial charge on any atom is -0.354 e. The van der Waals surface area contributed by atoms with Crippen molar-refractivity contribution in [2.75, 3.05) is 13.1 Å². The zero-order valence-electron chi connectivity index (χ0n) is 13.7. The zero-order valence-corrected chi connectivity index (χ0v) is 13.7. The number of carbonyl (C=O) groups excluding carboxylic acids is 3. The number of non-ortho nitro benzene ring substituents is 1. The number of rotatable bonds is 6. The van der Waals surface area contributed by atoms with Crippen molar-refractivity contribution in [2.24, 2.45) is 0 Å². The van der Waals surface area contributed by atoms with Crippen LogP contribution < -0.4 is 5.32 Å². The van der Waals surface area contributed by atoms with Crippen LogP contribution in [0, 0.1) is 10.1 Å². The summed E-state index contributed by atoms with van der Waals surface area (Å²) >= 11 is 0. The molecule has 0 aromatic heterocycles. The number of fused-ring (bicyclic) bond motifs is 1. The molecule has 2 aromatic rings. The molecule has 8 nitrogen and oxygen atoms in total. The third-order valence-corrected chi connectivity index (χ3v) is 4.06. The fourth-order valence-electron chi connectivity index (χ4n) is 2.71. The Morgan fingerprint density at radius 1 is 1.00 bits per heavy atom. The van der Waals surface area contributed by atoms with Gasteiger partial charge in [-0.05, 0) is 24.1 Å². The van der Waals surface area contributed by atoms with Gasteiger partial charge in [-0.15, -0.1) is 0 Å². The molecule has 1 N–H and O–H groups in total. The van der Waals surface area contributed by atoms with Gasteiger partial charge in [0.15, 0.2) is 0 Å². The Morgan fingerprint density at radius 3 is 2.12 bits per heavy atom. The van der Waals surface area contributed by atoms with Crippen molar-refractivity contribution in [3.8, 4) is 0 Å². The minimum absolute atomic E-state index is 0.00316. The monoisotopic (exact) mass is 353 g/mol. The van der Waals surface area contributed by atoms with Crippen LogP contribution in [-0.4, -0.2) is 40.6 Å². The SMILES string of the molecule is O=C(CN1C(=O)c2ccccc2C1=O)NCCc1ccc([N+](=O)[O-])cc1. The maximum absolute atomic E-state index is 12.2. The first-order valence-electron chi connectivity index (χ1n) is 7.92. The van der Waals surface area contributed by atoms with Crippen molar-refractivity contribution < 1.29 is 19.3 Å². The van der Waals surface area contributed by atoms with Crippen molar-refractivity contribution >= 4 is 23.4 Å². The van der Waals surface area contributed by atoms with Gasteiger partial charge in [0.25, 0.3) is 17.5 Å². The Hall–Kier alpha value is -3.55. The smallest absolute Gasteiger partial charge is 0.269 e. The second kappa shape index (κ2) is 7.14. The lowest BCUT2D eigenvalue weighted by atomic mass is 10.1. The zero-order chi connectivity index (χ0) is 18.7. The number of hydrogen-bond acceptors (Lipinski definition) is 5.